The second-order valence-corrected chi connectivity index (χ2v) is 5.01. The number of nitrogens with one attached hydrogen (secondary N) is 1. The van der Waals surface area contributed by atoms with Gasteiger partial charge in [0.1, 0.15) is 11.0 Å². The van der Waals surface area contributed by atoms with Crippen LogP contribution in [0.15, 0.2) is 18.2 Å². The van der Waals surface area contributed by atoms with Crippen LogP contribution < -0.4 is 5.73 Å². The van der Waals surface area contributed by atoms with Gasteiger partial charge in [0, 0.05) is 24.7 Å². The third-order valence-corrected chi connectivity index (χ3v) is 3.62. The maximum atomic E-state index is 12.5. The number of nitrogens with zero attached hydrogens (tertiary/aromatic N) is 3. The van der Waals surface area contributed by atoms with Crippen molar-refractivity contribution in [3.63, 3.8) is 0 Å². The van der Waals surface area contributed by atoms with Crippen LogP contribution in [0.4, 0.5) is 0 Å². The molecule has 0 aliphatic carbocycles. The first-order chi connectivity index (χ1) is 9.24. The van der Waals surface area contributed by atoms with Gasteiger partial charge in [-0.2, -0.15) is 15.4 Å². The summed E-state index contributed by atoms with van der Waals surface area (Å²) in [7, 11) is 0. The molecule has 3 N–H and O–H groups in total. The van der Waals surface area contributed by atoms with Crippen molar-refractivity contribution in [2.45, 2.75) is 25.3 Å². The van der Waals surface area contributed by atoms with Crippen molar-refractivity contribution in [1.29, 1.82) is 0 Å². The Hall–Kier alpha value is -1.95. The summed E-state index contributed by atoms with van der Waals surface area (Å²) in [5.74, 6) is 0.0546. The lowest BCUT2D eigenvalue weighted by molar-refractivity contribution is 0.0761. The van der Waals surface area contributed by atoms with E-state index in [0.29, 0.717) is 5.56 Å². The number of H-pyrrole nitrogens is 1. The van der Waals surface area contributed by atoms with Crippen LogP contribution in [0.25, 0.3) is 11.0 Å². The van der Waals surface area contributed by atoms with Gasteiger partial charge in [-0.1, -0.05) is 0 Å². The fourth-order valence-electron chi connectivity index (χ4n) is 2.48. The third kappa shape index (κ3) is 2.44. The lowest BCUT2D eigenvalue weighted by Gasteiger charge is -2.20. The van der Waals surface area contributed by atoms with Crippen molar-refractivity contribution >= 4 is 16.9 Å². The van der Waals surface area contributed by atoms with E-state index < -0.39 is 0 Å². The quantitative estimate of drug-likeness (QED) is 0.796. The molecule has 0 radical (unpaired) electrons. The number of likely N-dealkylation sites (tertiary alicyclic amines) is 1. The molecule has 3 rings (SSSR count). The van der Waals surface area contributed by atoms with Crippen molar-refractivity contribution in [1.82, 2.24) is 20.3 Å². The Kier molecular flexibility index (Phi) is 3.16. The number of aromatic nitrogens is 3. The van der Waals surface area contributed by atoms with Crippen LogP contribution in [0.5, 0.6) is 0 Å². The molecule has 2 heterocycles. The van der Waals surface area contributed by atoms with Gasteiger partial charge >= 0.3 is 0 Å². The van der Waals surface area contributed by atoms with Gasteiger partial charge < -0.3 is 10.6 Å². The van der Waals surface area contributed by atoms with Gasteiger partial charge in [0.05, 0.1) is 0 Å². The molecule has 0 bridgehead atoms. The average molecular weight is 259 g/mol. The van der Waals surface area contributed by atoms with Gasteiger partial charge in [0.25, 0.3) is 5.91 Å². The van der Waals surface area contributed by atoms with Crippen molar-refractivity contribution in [2.24, 2.45) is 5.73 Å². The van der Waals surface area contributed by atoms with Gasteiger partial charge in [0.15, 0.2) is 0 Å². The zero-order valence-corrected chi connectivity index (χ0v) is 10.7. The standard InChI is InChI=1S/C13H17N5O/c14-10-2-1-6-18(7-5-10)13(19)9-3-4-11-12(8-9)16-17-15-11/h3-4,8,10H,1-2,5-7,14H2,(H,15,16,17)/t10-/m0/s1. The predicted molar refractivity (Wildman–Crippen MR) is 71.6 cm³/mol. The minimum absolute atomic E-state index is 0.0546. The van der Waals surface area contributed by atoms with Gasteiger partial charge in [0.2, 0.25) is 0 Å². The summed E-state index contributed by atoms with van der Waals surface area (Å²) in [4.78, 5) is 14.3. The monoisotopic (exact) mass is 259 g/mol. The second kappa shape index (κ2) is 4.97. The summed E-state index contributed by atoms with van der Waals surface area (Å²) in [6.07, 6.45) is 2.84. The Morgan fingerprint density at radius 3 is 3.00 bits per heavy atom. The SMILES string of the molecule is N[C@H]1CCCN(C(=O)c2ccc3n[nH]nc3c2)CC1. The number of fused-ring (bicyclic) bond motifs is 1. The van der Waals surface area contributed by atoms with E-state index in [1.807, 2.05) is 11.0 Å². The smallest absolute Gasteiger partial charge is 0.253 e. The van der Waals surface area contributed by atoms with E-state index in [4.69, 9.17) is 5.73 Å². The highest BCUT2D eigenvalue weighted by Gasteiger charge is 2.20. The van der Waals surface area contributed by atoms with Gasteiger partial charge in [-0.25, -0.2) is 0 Å². The second-order valence-electron chi connectivity index (χ2n) is 5.01. The maximum Gasteiger partial charge on any atom is 0.253 e. The summed E-state index contributed by atoms with van der Waals surface area (Å²) in [6, 6.07) is 5.62. The number of amides is 1. The highest BCUT2D eigenvalue weighted by molar-refractivity contribution is 5.97. The van der Waals surface area contributed by atoms with Crippen molar-refractivity contribution in [3.05, 3.63) is 23.8 Å². The molecule has 100 valence electrons. The largest absolute Gasteiger partial charge is 0.339 e. The van der Waals surface area contributed by atoms with E-state index in [0.717, 1.165) is 43.4 Å². The predicted octanol–water partition coefficient (Wildman–Crippen LogP) is 0.911. The number of carbonyl (C=O) groups is 1. The molecule has 1 fully saturated rings. The first-order valence-corrected chi connectivity index (χ1v) is 6.59. The summed E-state index contributed by atoms with van der Waals surface area (Å²) in [6.45, 7) is 1.51. The molecule has 6 heteroatoms. The Labute approximate surface area is 111 Å². The number of hydrogen-bond donors (Lipinski definition) is 2. The molecule has 1 amide bonds. The third-order valence-electron chi connectivity index (χ3n) is 3.62. The lowest BCUT2D eigenvalue weighted by Crippen LogP contribution is -2.32. The van der Waals surface area contributed by atoms with E-state index in [2.05, 4.69) is 15.4 Å². The van der Waals surface area contributed by atoms with Crippen LogP contribution in [-0.4, -0.2) is 45.3 Å². The Balaban J connectivity index is 1.82. The molecule has 1 aromatic heterocycles. The summed E-state index contributed by atoms with van der Waals surface area (Å²) < 4.78 is 0. The van der Waals surface area contributed by atoms with E-state index in [1.165, 1.54) is 0 Å². The van der Waals surface area contributed by atoms with E-state index in [9.17, 15) is 4.79 Å². The van der Waals surface area contributed by atoms with Crippen LogP contribution in [-0.2, 0) is 0 Å². The van der Waals surface area contributed by atoms with Crippen LogP contribution in [0.2, 0.25) is 0 Å². The van der Waals surface area contributed by atoms with E-state index in [1.54, 1.807) is 12.1 Å². The molecular weight excluding hydrogens is 242 g/mol. The molecule has 0 saturated carbocycles. The Bertz CT molecular complexity index is 593. The first-order valence-electron chi connectivity index (χ1n) is 6.59. The topological polar surface area (TPSA) is 87.9 Å². The summed E-state index contributed by atoms with van der Waals surface area (Å²) >= 11 is 0. The van der Waals surface area contributed by atoms with Crippen molar-refractivity contribution in [3.8, 4) is 0 Å². The fraction of sp³-hybridized carbons (Fsp3) is 0.462. The zero-order valence-electron chi connectivity index (χ0n) is 10.7. The highest BCUT2D eigenvalue weighted by Crippen LogP contribution is 2.16. The van der Waals surface area contributed by atoms with Crippen LogP contribution in [0, 0.1) is 0 Å². The van der Waals surface area contributed by atoms with E-state index in [-0.39, 0.29) is 11.9 Å². The molecule has 19 heavy (non-hydrogen) atoms. The molecule has 0 unspecified atom stereocenters. The molecule has 6 nitrogen and oxygen atoms in total. The van der Waals surface area contributed by atoms with Gasteiger partial charge in [-0.15, -0.1) is 0 Å². The minimum Gasteiger partial charge on any atom is -0.339 e. The van der Waals surface area contributed by atoms with Crippen molar-refractivity contribution in [2.75, 3.05) is 13.1 Å². The molecule has 0 spiro atoms. The van der Waals surface area contributed by atoms with Crippen LogP contribution >= 0.6 is 0 Å². The van der Waals surface area contributed by atoms with E-state index >= 15 is 0 Å². The average Bonchev–Trinajstić information content (AvgIpc) is 2.78. The number of nitrogens with two attached hydrogens (primary N) is 1. The van der Waals surface area contributed by atoms with Crippen LogP contribution in [0.3, 0.4) is 0 Å². The molecule has 1 aliphatic heterocycles. The number of benzene rings is 1. The maximum absolute atomic E-state index is 12.5. The number of carbonyl (C=O) groups excluding carboxylic acids is 1. The molecular formula is C13H17N5O. The van der Waals surface area contributed by atoms with Gasteiger partial charge in [-0.3, -0.25) is 4.79 Å². The zero-order chi connectivity index (χ0) is 13.2. The number of hydrogen-bond acceptors (Lipinski definition) is 4. The van der Waals surface area contributed by atoms with Crippen molar-refractivity contribution < 1.29 is 4.79 Å². The Morgan fingerprint density at radius 1 is 1.26 bits per heavy atom. The molecule has 1 atom stereocenters. The number of aromatic amines is 1. The molecule has 1 saturated heterocycles. The number of rotatable bonds is 1. The molecule has 1 aliphatic rings. The fourth-order valence-corrected chi connectivity index (χ4v) is 2.48. The first kappa shape index (κ1) is 12.1. The Morgan fingerprint density at radius 2 is 2.11 bits per heavy atom. The molecule has 1 aromatic carbocycles. The minimum atomic E-state index is 0.0546. The summed E-state index contributed by atoms with van der Waals surface area (Å²) in [5.41, 5.74) is 8.09. The molecule has 2 aromatic rings. The van der Waals surface area contributed by atoms with Crippen LogP contribution in [0.1, 0.15) is 29.6 Å². The summed E-state index contributed by atoms with van der Waals surface area (Å²) in [5, 5.41) is 10.5. The highest BCUT2D eigenvalue weighted by atomic mass is 16.2. The van der Waals surface area contributed by atoms with Gasteiger partial charge in [-0.05, 0) is 37.5 Å². The lowest BCUT2D eigenvalue weighted by atomic mass is 10.1. The normalized spacial score (nSPS) is 20.5.